The molecule has 1 atom stereocenters. The van der Waals surface area contributed by atoms with Gasteiger partial charge in [0.2, 0.25) is 6.79 Å². The van der Waals surface area contributed by atoms with E-state index in [0.717, 1.165) is 48.2 Å². The minimum Gasteiger partial charge on any atom is -0.454 e. The Hall–Kier alpha value is -2.08. The first-order chi connectivity index (χ1) is 11.3. The smallest absolute Gasteiger partial charge is 0.231 e. The van der Waals surface area contributed by atoms with E-state index >= 15 is 0 Å². The number of hydrogen-bond donors (Lipinski definition) is 1. The molecule has 1 N–H and O–H groups in total. The number of fused-ring (bicyclic) bond motifs is 2. The molecule has 2 aliphatic heterocycles. The molecule has 2 aliphatic rings. The first-order valence-corrected chi connectivity index (χ1v) is 8.36. The highest BCUT2D eigenvalue weighted by Crippen LogP contribution is 2.35. The van der Waals surface area contributed by atoms with Gasteiger partial charge < -0.3 is 19.4 Å². The second-order valence-corrected chi connectivity index (χ2v) is 6.19. The lowest BCUT2D eigenvalue weighted by Gasteiger charge is -2.16. The van der Waals surface area contributed by atoms with Crippen LogP contribution in [0.15, 0.2) is 18.2 Å². The van der Waals surface area contributed by atoms with Crippen molar-refractivity contribution in [3.63, 3.8) is 0 Å². The molecule has 4 rings (SSSR count). The number of benzene rings is 1. The van der Waals surface area contributed by atoms with Crippen LogP contribution in [0.25, 0.3) is 0 Å². The number of aromatic nitrogens is 3. The predicted molar refractivity (Wildman–Crippen MR) is 85.4 cm³/mol. The molecule has 1 aromatic carbocycles. The van der Waals surface area contributed by atoms with Crippen LogP contribution in [0.5, 0.6) is 11.5 Å². The van der Waals surface area contributed by atoms with Crippen LogP contribution < -0.4 is 14.8 Å². The second kappa shape index (κ2) is 6.20. The van der Waals surface area contributed by atoms with Crippen molar-refractivity contribution in [2.45, 2.75) is 51.7 Å². The maximum atomic E-state index is 5.56. The fourth-order valence-corrected chi connectivity index (χ4v) is 3.31. The Morgan fingerprint density at radius 1 is 1.22 bits per heavy atom. The second-order valence-electron chi connectivity index (χ2n) is 6.19. The molecule has 6 heteroatoms. The number of nitrogens with one attached hydrogen (secondary N) is 1. The zero-order valence-electron chi connectivity index (χ0n) is 13.4. The predicted octanol–water partition coefficient (Wildman–Crippen LogP) is 2.58. The van der Waals surface area contributed by atoms with Gasteiger partial charge in [0.15, 0.2) is 11.5 Å². The summed E-state index contributed by atoms with van der Waals surface area (Å²) in [6, 6.07) is 6.15. The van der Waals surface area contributed by atoms with Crippen molar-refractivity contribution in [1.29, 1.82) is 0 Å². The van der Waals surface area contributed by atoms with Crippen molar-refractivity contribution in [2.75, 3.05) is 6.79 Å². The molecule has 0 bridgehead atoms. The van der Waals surface area contributed by atoms with E-state index in [0.29, 0.717) is 6.79 Å². The molecule has 0 spiro atoms. The molecule has 0 fully saturated rings. The Morgan fingerprint density at radius 2 is 2.17 bits per heavy atom. The van der Waals surface area contributed by atoms with Gasteiger partial charge in [-0.2, -0.15) is 0 Å². The first kappa shape index (κ1) is 14.5. The van der Waals surface area contributed by atoms with Gasteiger partial charge in [0.05, 0.1) is 6.04 Å². The fourth-order valence-electron chi connectivity index (χ4n) is 3.31. The van der Waals surface area contributed by atoms with E-state index in [2.05, 4.69) is 33.1 Å². The summed E-state index contributed by atoms with van der Waals surface area (Å²) in [5.41, 5.74) is 1.11. The van der Waals surface area contributed by atoms with Crippen LogP contribution in [0.4, 0.5) is 0 Å². The monoisotopic (exact) mass is 314 g/mol. The molecule has 3 heterocycles. The number of ether oxygens (including phenoxy) is 2. The van der Waals surface area contributed by atoms with Crippen LogP contribution >= 0.6 is 0 Å². The minimum atomic E-state index is 0.146. The summed E-state index contributed by atoms with van der Waals surface area (Å²) in [6.07, 6.45) is 4.74. The number of nitrogens with zero attached hydrogens (tertiary/aromatic N) is 3. The zero-order chi connectivity index (χ0) is 15.6. The van der Waals surface area contributed by atoms with E-state index in [1.165, 1.54) is 19.3 Å². The van der Waals surface area contributed by atoms with E-state index in [-0.39, 0.29) is 6.04 Å². The minimum absolute atomic E-state index is 0.146. The van der Waals surface area contributed by atoms with E-state index in [4.69, 9.17) is 9.47 Å². The average molecular weight is 314 g/mol. The molecule has 0 amide bonds. The maximum Gasteiger partial charge on any atom is 0.231 e. The average Bonchev–Trinajstić information content (AvgIpc) is 3.14. The lowest BCUT2D eigenvalue weighted by Crippen LogP contribution is -2.22. The quantitative estimate of drug-likeness (QED) is 0.940. The molecule has 23 heavy (non-hydrogen) atoms. The largest absolute Gasteiger partial charge is 0.454 e. The summed E-state index contributed by atoms with van der Waals surface area (Å²) in [4.78, 5) is 0. The Balaban J connectivity index is 1.48. The molecule has 0 radical (unpaired) electrons. The highest BCUT2D eigenvalue weighted by molar-refractivity contribution is 5.48. The van der Waals surface area contributed by atoms with Crippen molar-refractivity contribution in [3.8, 4) is 11.5 Å². The Bertz CT molecular complexity index is 698. The number of aryl methyl sites for hydroxylation is 1. The molecular formula is C17H22N4O2. The van der Waals surface area contributed by atoms with Gasteiger partial charge in [-0.1, -0.05) is 18.6 Å². The standard InChI is InChI=1S/C17H22N4O2/c1-12(17-20-19-15-8-3-2-4-9-21(15)17)18-10-13-6-5-7-14-16(13)23-11-22-14/h5-7,12,18H,2-4,8-11H2,1H3. The highest BCUT2D eigenvalue weighted by atomic mass is 16.7. The SMILES string of the molecule is CC(NCc1cccc2c1OCO2)c1nnc2n1CCCCC2. The summed E-state index contributed by atoms with van der Waals surface area (Å²) in [7, 11) is 0. The van der Waals surface area contributed by atoms with Gasteiger partial charge in [0.25, 0.3) is 0 Å². The van der Waals surface area contributed by atoms with Crippen molar-refractivity contribution >= 4 is 0 Å². The van der Waals surface area contributed by atoms with E-state index in [9.17, 15) is 0 Å². The number of rotatable bonds is 4. The van der Waals surface area contributed by atoms with Gasteiger partial charge >= 0.3 is 0 Å². The number of hydrogen-bond acceptors (Lipinski definition) is 5. The van der Waals surface area contributed by atoms with Gasteiger partial charge in [0, 0.05) is 25.1 Å². The van der Waals surface area contributed by atoms with Crippen molar-refractivity contribution in [1.82, 2.24) is 20.1 Å². The summed E-state index contributed by atoms with van der Waals surface area (Å²) in [6.45, 7) is 4.19. The third-order valence-electron chi connectivity index (χ3n) is 4.60. The molecule has 0 saturated carbocycles. The van der Waals surface area contributed by atoms with E-state index in [1.807, 2.05) is 12.1 Å². The number of para-hydroxylation sites is 1. The van der Waals surface area contributed by atoms with E-state index < -0.39 is 0 Å². The molecular weight excluding hydrogens is 292 g/mol. The molecule has 2 aromatic rings. The third kappa shape index (κ3) is 2.79. The van der Waals surface area contributed by atoms with E-state index in [1.54, 1.807) is 0 Å². The van der Waals surface area contributed by atoms with Crippen molar-refractivity contribution in [3.05, 3.63) is 35.4 Å². The lowest BCUT2D eigenvalue weighted by molar-refractivity contribution is 0.173. The maximum absolute atomic E-state index is 5.56. The lowest BCUT2D eigenvalue weighted by atomic mass is 10.1. The normalized spacial score (nSPS) is 17.6. The van der Waals surface area contributed by atoms with Gasteiger partial charge in [-0.25, -0.2) is 0 Å². The van der Waals surface area contributed by atoms with Crippen molar-refractivity contribution in [2.24, 2.45) is 0 Å². The van der Waals surface area contributed by atoms with Gasteiger partial charge in [0.1, 0.15) is 11.6 Å². The molecule has 1 unspecified atom stereocenters. The summed E-state index contributed by atoms with van der Waals surface area (Å²) < 4.78 is 13.3. The van der Waals surface area contributed by atoms with Crippen molar-refractivity contribution < 1.29 is 9.47 Å². The van der Waals surface area contributed by atoms with Gasteiger partial charge in [-0.15, -0.1) is 10.2 Å². The molecule has 122 valence electrons. The van der Waals surface area contributed by atoms with Crippen LogP contribution in [-0.2, 0) is 19.5 Å². The Kier molecular flexibility index (Phi) is 3.91. The van der Waals surface area contributed by atoms with Crippen LogP contribution in [0.2, 0.25) is 0 Å². The zero-order valence-corrected chi connectivity index (χ0v) is 13.4. The van der Waals surface area contributed by atoms with Crippen LogP contribution in [0.3, 0.4) is 0 Å². The summed E-state index contributed by atoms with van der Waals surface area (Å²) >= 11 is 0. The topological polar surface area (TPSA) is 61.2 Å². The van der Waals surface area contributed by atoms with Crippen LogP contribution in [0, 0.1) is 0 Å². The first-order valence-electron chi connectivity index (χ1n) is 8.36. The van der Waals surface area contributed by atoms with Gasteiger partial charge in [-0.3, -0.25) is 0 Å². The molecule has 6 nitrogen and oxygen atoms in total. The summed E-state index contributed by atoms with van der Waals surface area (Å²) in [5, 5.41) is 12.3. The Labute approximate surface area is 135 Å². The van der Waals surface area contributed by atoms with Crippen LogP contribution in [0.1, 0.15) is 49.4 Å². The molecule has 0 aliphatic carbocycles. The molecule has 0 saturated heterocycles. The fraction of sp³-hybridized carbons (Fsp3) is 0.529. The molecule has 1 aromatic heterocycles. The van der Waals surface area contributed by atoms with Gasteiger partial charge in [-0.05, 0) is 25.8 Å². The van der Waals surface area contributed by atoms with Crippen LogP contribution in [-0.4, -0.2) is 21.6 Å². The summed E-state index contributed by atoms with van der Waals surface area (Å²) in [5.74, 6) is 3.84. The Morgan fingerprint density at radius 3 is 3.13 bits per heavy atom. The highest BCUT2D eigenvalue weighted by Gasteiger charge is 2.21. The third-order valence-corrected chi connectivity index (χ3v) is 4.60.